The van der Waals surface area contributed by atoms with Crippen LogP contribution in [0.15, 0.2) is 53.4 Å². The normalized spacial score (nSPS) is 15.9. The van der Waals surface area contributed by atoms with E-state index >= 15 is 0 Å². The van der Waals surface area contributed by atoms with Crippen LogP contribution in [0.3, 0.4) is 0 Å². The molecule has 2 aromatic rings. The Bertz CT molecular complexity index is 856. The van der Waals surface area contributed by atoms with Gasteiger partial charge in [-0.3, -0.25) is 4.79 Å². The van der Waals surface area contributed by atoms with Gasteiger partial charge in [0.05, 0.1) is 4.90 Å². The molecule has 23 heavy (non-hydrogen) atoms. The topological polar surface area (TPSA) is 63.2 Å². The van der Waals surface area contributed by atoms with E-state index in [2.05, 4.69) is 5.32 Å². The molecule has 0 heterocycles. The monoisotopic (exact) mass is 349 g/mol. The van der Waals surface area contributed by atoms with E-state index in [9.17, 15) is 13.2 Å². The summed E-state index contributed by atoms with van der Waals surface area (Å²) in [5.74, 6) is -0.471. The van der Waals surface area contributed by atoms with Gasteiger partial charge in [-0.1, -0.05) is 29.8 Å². The maximum atomic E-state index is 12.8. The number of benzene rings is 2. The maximum absolute atomic E-state index is 12.8. The number of amides is 1. The lowest BCUT2D eigenvalue weighted by Crippen LogP contribution is -2.37. The number of nitrogens with one attached hydrogen (secondary N) is 1. The van der Waals surface area contributed by atoms with E-state index in [0.29, 0.717) is 23.6 Å². The molecule has 0 atom stereocenters. The van der Waals surface area contributed by atoms with Crippen molar-refractivity contribution in [2.45, 2.75) is 29.4 Å². The van der Waals surface area contributed by atoms with Gasteiger partial charge in [-0.05, 0) is 55.7 Å². The summed E-state index contributed by atoms with van der Waals surface area (Å²) >= 11 is 5.80. The highest BCUT2D eigenvalue weighted by Crippen LogP contribution is 2.47. The summed E-state index contributed by atoms with van der Waals surface area (Å²) in [5.41, 5.74) is 1.52. The fourth-order valence-electron chi connectivity index (χ4n) is 2.52. The molecule has 1 aliphatic rings. The molecule has 3 rings (SSSR count). The van der Waals surface area contributed by atoms with Crippen molar-refractivity contribution >= 4 is 33.0 Å². The van der Waals surface area contributed by atoms with Crippen molar-refractivity contribution in [2.24, 2.45) is 0 Å². The Balaban J connectivity index is 1.91. The number of hydrogen-bond acceptors (Lipinski definition) is 3. The largest absolute Gasteiger partial charge is 0.324 e. The quantitative estimate of drug-likeness (QED) is 0.917. The molecular weight excluding hydrogens is 334 g/mol. The minimum Gasteiger partial charge on any atom is -0.324 e. The van der Waals surface area contributed by atoms with Crippen molar-refractivity contribution in [3.63, 3.8) is 0 Å². The van der Waals surface area contributed by atoms with Gasteiger partial charge in [-0.2, -0.15) is 0 Å². The number of para-hydroxylation sites is 1. The first-order valence-electron chi connectivity index (χ1n) is 7.24. The van der Waals surface area contributed by atoms with Crippen molar-refractivity contribution in [3.05, 3.63) is 59.1 Å². The second-order valence-electron chi connectivity index (χ2n) is 5.72. The summed E-state index contributed by atoms with van der Waals surface area (Å²) in [4.78, 5) is 12.7. The van der Waals surface area contributed by atoms with Crippen LogP contribution in [0, 0.1) is 6.92 Å². The van der Waals surface area contributed by atoms with Crippen molar-refractivity contribution in [1.82, 2.24) is 0 Å². The molecule has 1 N–H and O–H groups in total. The Kier molecular flexibility index (Phi) is 3.94. The Morgan fingerprint density at radius 1 is 1.09 bits per heavy atom. The summed E-state index contributed by atoms with van der Waals surface area (Å²) in [5, 5.41) is 3.21. The third-order valence-electron chi connectivity index (χ3n) is 4.15. The standard InChI is InChI=1S/C17H16ClNO3S/c1-12-4-2-3-5-15(12)19-16(20)17(10-11-17)23(21,22)14-8-6-13(18)7-9-14/h2-9H,10-11H2,1H3,(H,19,20). The van der Waals surface area contributed by atoms with Crippen LogP contribution in [0.5, 0.6) is 0 Å². The van der Waals surface area contributed by atoms with Gasteiger partial charge < -0.3 is 5.32 Å². The fraction of sp³-hybridized carbons (Fsp3) is 0.235. The van der Waals surface area contributed by atoms with Gasteiger partial charge in [0.2, 0.25) is 5.91 Å². The average molecular weight is 350 g/mol. The number of sulfone groups is 1. The molecule has 1 fully saturated rings. The second kappa shape index (κ2) is 5.65. The Labute approximate surface area is 140 Å². The van der Waals surface area contributed by atoms with Crippen molar-refractivity contribution in [3.8, 4) is 0 Å². The van der Waals surface area contributed by atoms with E-state index in [1.807, 2.05) is 19.1 Å². The van der Waals surface area contributed by atoms with Crippen LogP contribution >= 0.6 is 11.6 Å². The van der Waals surface area contributed by atoms with Crippen LogP contribution in [-0.2, 0) is 14.6 Å². The molecule has 4 nitrogen and oxygen atoms in total. The Morgan fingerprint density at radius 2 is 1.70 bits per heavy atom. The highest BCUT2D eigenvalue weighted by atomic mass is 35.5. The smallest absolute Gasteiger partial charge is 0.246 e. The molecule has 0 unspecified atom stereocenters. The second-order valence-corrected chi connectivity index (χ2v) is 8.42. The minimum absolute atomic E-state index is 0.124. The molecule has 0 aliphatic heterocycles. The highest BCUT2D eigenvalue weighted by molar-refractivity contribution is 7.94. The first-order valence-corrected chi connectivity index (χ1v) is 9.10. The molecule has 0 radical (unpaired) electrons. The van der Waals surface area contributed by atoms with E-state index in [4.69, 9.17) is 11.6 Å². The molecule has 0 saturated heterocycles. The number of carbonyl (C=O) groups excluding carboxylic acids is 1. The minimum atomic E-state index is -3.75. The lowest BCUT2D eigenvalue weighted by atomic mass is 10.2. The molecule has 120 valence electrons. The van der Waals surface area contributed by atoms with E-state index < -0.39 is 20.5 Å². The van der Waals surface area contributed by atoms with Gasteiger partial charge >= 0.3 is 0 Å². The maximum Gasteiger partial charge on any atom is 0.246 e. The zero-order chi connectivity index (χ0) is 16.7. The SMILES string of the molecule is Cc1ccccc1NC(=O)C1(S(=O)(=O)c2ccc(Cl)cc2)CC1. The summed E-state index contributed by atoms with van der Waals surface area (Å²) < 4.78 is 24.3. The molecule has 6 heteroatoms. The van der Waals surface area contributed by atoms with E-state index in [1.165, 1.54) is 24.3 Å². The zero-order valence-corrected chi connectivity index (χ0v) is 14.1. The molecular formula is C17H16ClNO3S. The zero-order valence-electron chi connectivity index (χ0n) is 12.5. The first kappa shape index (κ1) is 16.0. The first-order chi connectivity index (χ1) is 10.9. The third-order valence-corrected chi connectivity index (χ3v) is 6.92. The van der Waals surface area contributed by atoms with Gasteiger partial charge in [-0.15, -0.1) is 0 Å². The molecule has 0 aromatic heterocycles. The van der Waals surface area contributed by atoms with Crippen LogP contribution in [0.25, 0.3) is 0 Å². The summed E-state index contributed by atoms with van der Waals surface area (Å²) in [6.07, 6.45) is 0.658. The van der Waals surface area contributed by atoms with E-state index in [-0.39, 0.29) is 4.90 Å². The Morgan fingerprint density at radius 3 is 2.26 bits per heavy atom. The molecule has 1 saturated carbocycles. The van der Waals surface area contributed by atoms with Crippen LogP contribution in [0.1, 0.15) is 18.4 Å². The molecule has 0 spiro atoms. The van der Waals surface area contributed by atoms with E-state index in [0.717, 1.165) is 5.56 Å². The van der Waals surface area contributed by atoms with Gasteiger partial charge in [0, 0.05) is 10.7 Å². The number of halogens is 1. The molecule has 1 aliphatic carbocycles. The highest BCUT2D eigenvalue weighted by Gasteiger charge is 2.61. The molecule has 1 amide bonds. The number of carbonyl (C=O) groups is 1. The lowest BCUT2D eigenvalue weighted by Gasteiger charge is -2.17. The third kappa shape index (κ3) is 2.75. The predicted molar refractivity (Wildman–Crippen MR) is 90.4 cm³/mol. The molecule has 2 aromatic carbocycles. The summed E-state index contributed by atoms with van der Waals surface area (Å²) in [6.45, 7) is 1.86. The molecule has 0 bridgehead atoms. The number of rotatable bonds is 4. The number of anilines is 1. The van der Waals surface area contributed by atoms with Crippen LogP contribution < -0.4 is 5.32 Å². The van der Waals surface area contributed by atoms with Gasteiger partial charge in [0.25, 0.3) is 0 Å². The van der Waals surface area contributed by atoms with Crippen molar-refractivity contribution in [2.75, 3.05) is 5.32 Å². The number of hydrogen-bond donors (Lipinski definition) is 1. The van der Waals surface area contributed by atoms with Crippen molar-refractivity contribution in [1.29, 1.82) is 0 Å². The predicted octanol–water partition coefficient (Wildman–Crippen LogP) is 3.59. The van der Waals surface area contributed by atoms with Gasteiger partial charge in [-0.25, -0.2) is 8.42 Å². The van der Waals surface area contributed by atoms with E-state index in [1.54, 1.807) is 12.1 Å². The summed E-state index contributed by atoms with van der Waals surface area (Å²) in [7, 11) is -3.75. The Hall–Kier alpha value is -1.85. The van der Waals surface area contributed by atoms with Crippen LogP contribution in [0.4, 0.5) is 5.69 Å². The average Bonchev–Trinajstić information content (AvgIpc) is 3.32. The summed E-state index contributed by atoms with van der Waals surface area (Å²) in [6, 6.07) is 13.2. The van der Waals surface area contributed by atoms with Gasteiger partial charge in [0.1, 0.15) is 0 Å². The fourth-order valence-corrected chi connectivity index (χ4v) is 4.53. The number of aryl methyl sites for hydroxylation is 1. The van der Waals surface area contributed by atoms with Crippen LogP contribution in [-0.4, -0.2) is 19.1 Å². The van der Waals surface area contributed by atoms with Crippen molar-refractivity contribution < 1.29 is 13.2 Å². The van der Waals surface area contributed by atoms with Crippen LogP contribution in [0.2, 0.25) is 5.02 Å². The lowest BCUT2D eigenvalue weighted by molar-refractivity contribution is -0.116. The van der Waals surface area contributed by atoms with Gasteiger partial charge in [0.15, 0.2) is 14.6 Å².